The van der Waals surface area contributed by atoms with Gasteiger partial charge in [-0.15, -0.1) is 0 Å². The highest BCUT2D eigenvalue weighted by atomic mass is 35.5. The van der Waals surface area contributed by atoms with Crippen LogP contribution in [0.25, 0.3) is 0 Å². The first-order valence-electron chi connectivity index (χ1n) is 8.17. The summed E-state index contributed by atoms with van der Waals surface area (Å²) in [6.45, 7) is 1.41. The number of amides is 1. The van der Waals surface area contributed by atoms with E-state index in [2.05, 4.69) is 5.32 Å². The van der Waals surface area contributed by atoms with E-state index in [0.29, 0.717) is 5.69 Å². The van der Waals surface area contributed by atoms with E-state index in [1.807, 2.05) is 0 Å². The quantitative estimate of drug-likeness (QED) is 0.717. The van der Waals surface area contributed by atoms with Crippen molar-refractivity contribution >= 4 is 38.9 Å². The Kier molecular flexibility index (Phi) is 6.69. The lowest BCUT2D eigenvalue weighted by Crippen LogP contribution is -2.30. The third-order valence-corrected chi connectivity index (χ3v) is 5.47. The van der Waals surface area contributed by atoms with Crippen LogP contribution in [0.4, 0.5) is 24.5 Å². The van der Waals surface area contributed by atoms with E-state index in [-0.39, 0.29) is 16.5 Å². The summed E-state index contributed by atoms with van der Waals surface area (Å²) in [4.78, 5) is 12.3. The summed E-state index contributed by atoms with van der Waals surface area (Å²) in [5, 5.41) is 2.26. The van der Waals surface area contributed by atoms with Gasteiger partial charge < -0.3 is 10.1 Å². The molecule has 0 spiro atoms. The second-order valence-corrected chi connectivity index (χ2v) is 8.59. The molecule has 2 aromatic rings. The van der Waals surface area contributed by atoms with Crippen molar-refractivity contribution in [1.29, 1.82) is 0 Å². The number of carbonyl (C=O) groups is 1. The van der Waals surface area contributed by atoms with Gasteiger partial charge in [0.2, 0.25) is 10.0 Å². The van der Waals surface area contributed by atoms with Crippen molar-refractivity contribution in [2.75, 3.05) is 22.9 Å². The van der Waals surface area contributed by atoms with Crippen LogP contribution in [0.5, 0.6) is 5.75 Å². The van der Waals surface area contributed by atoms with Crippen LogP contribution in [0.15, 0.2) is 42.5 Å². The minimum atomic E-state index is -4.58. The molecule has 2 rings (SSSR count). The number of halogens is 4. The van der Waals surface area contributed by atoms with Gasteiger partial charge in [-0.2, -0.15) is 13.2 Å². The van der Waals surface area contributed by atoms with Crippen molar-refractivity contribution < 1.29 is 31.1 Å². The number of anilines is 2. The van der Waals surface area contributed by atoms with Gasteiger partial charge in [-0.3, -0.25) is 9.10 Å². The summed E-state index contributed by atoms with van der Waals surface area (Å²) in [7, 11) is -2.03. The highest BCUT2D eigenvalue weighted by molar-refractivity contribution is 7.92. The molecule has 0 saturated carbocycles. The molecule has 1 atom stereocenters. The summed E-state index contributed by atoms with van der Waals surface area (Å²) in [5.74, 6) is -0.433. The fourth-order valence-electron chi connectivity index (χ4n) is 2.22. The number of hydrogen-bond donors (Lipinski definition) is 1. The van der Waals surface area contributed by atoms with E-state index in [1.165, 1.54) is 38.2 Å². The molecule has 0 aliphatic heterocycles. The van der Waals surface area contributed by atoms with Crippen molar-refractivity contribution in [2.24, 2.45) is 0 Å². The second-order valence-electron chi connectivity index (χ2n) is 6.17. The van der Waals surface area contributed by atoms with Crippen molar-refractivity contribution in [3.8, 4) is 5.75 Å². The molecule has 1 amide bonds. The SMILES string of the molecule is C[C@H](Oc1ccc(N(C)S(C)(=O)=O)cc1)C(=O)Nc1cc(C(F)(F)F)ccc1Cl. The zero-order valence-corrected chi connectivity index (χ0v) is 17.2. The Labute approximate surface area is 171 Å². The number of alkyl halides is 3. The van der Waals surface area contributed by atoms with E-state index in [9.17, 15) is 26.4 Å². The predicted octanol–water partition coefficient (Wildman–Crippen LogP) is 4.16. The number of benzene rings is 2. The molecule has 0 heterocycles. The Balaban J connectivity index is 2.08. The molecule has 0 fully saturated rings. The number of sulfonamides is 1. The van der Waals surface area contributed by atoms with Gasteiger partial charge in [0.25, 0.3) is 5.91 Å². The molecule has 0 unspecified atom stereocenters. The number of ether oxygens (including phenoxy) is 1. The zero-order chi connectivity index (χ0) is 22.0. The largest absolute Gasteiger partial charge is 0.481 e. The highest BCUT2D eigenvalue weighted by Gasteiger charge is 2.31. The van der Waals surface area contributed by atoms with E-state index in [4.69, 9.17) is 16.3 Å². The molecular weight excluding hydrogens is 433 g/mol. The Morgan fingerprint density at radius 3 is 2.28 bits per heavy atom. The van der Waals surface area contributed by atoms with Crippen LogP contribution in [0.2, 0.25) is 5.02 Å². The van der Waals surface area contributed by atoms with Crippen LogP contribution in [-0.4, -0.2) is 33.7 Å². The van der Waals surface area contributed by atoms with Crippen LogP contribution in [0, 0.1) is 0 Å². The van der Waals surface area contributed by atoms with Gasteiger partial charge in [-0.1, -0.05) is 11.6 Å². The summed E-state index contributed by atoms with van der Waals surface area (Å²) in [5.41, 5.74) is -0.740. The molecule has 29 heavy (non-hydrogen) atoms. The van der Waals surface area contributed by atoms with Crippen LogP contribution in [0.1, 0.15) is 12.5 Å². The molecule has 2 aromatic carbocycles. The van der Waals surface area contributed by atoms with Gasteiger partial charge in [0, 0.05) is 7.05 Å². The Bertz CT molecular complexity index is 995. The fourth-order valence-corrected chi connectivity index (χ4v) is 2.88. The molecule has 1 N–H and O–H groups in total. The molecule has 0 aliphatic rings. The van der Waals surface area contributed by atoms with Gasteiger partial charge in [0.15, 0.2) is 6.10 Å². The van der Waals surface area contributed by atoms with Gasteiger partial charge in [-0.25, -0.2) is 8.42 Å². The van der Waals surface area contributed by atoms with Crippen LogP contribution >= 0.6 is 11.6 Å². The molecule has 0 saturated heterocycles. The minimum Gasteiger partial charge on any atom is -0.481 e. The van der Waals surface area contributed by atoms with Crippen LogP contribution < -0.4 is 14.4 Å². The monoisotopic (exact) mass is 450 g/mol. The van der Waals surface area contributed by atoms with E-state index >= 15 is 0 Å². The van der Waals surface area contributed by atoms with Crippen molar-refractivity contribution in [1.82, 2.24) is 0 Å². The van der Waals surface area contributed by atoms with Crippen LogP contribution in [0.3, 0.4) is 0 Å². The first-order valence-corrected chi connectivity index (χ1v) is 10.4. The lowest BCUT2D eigenvalue weighted by Gasteiger charge is -2.18. The summed E-state index contributed by atoms with van der Waals surface area (Å²) < 4.78 is 68.1. The molecule has 11 heteroatoms. The minimum absolute atomic E-state index is 0.0493. The van der Waals surface area contributed by atoms with Crippen molar-refractivity contribution in [3.05, 3.63) is 53.1 Å². The first-order chi connectivity index (χ1) is 13.3. The van der Waals surface area contributed by atoms with Gasteiger partial charge >= 0.3 is 6.18 Å². The number of carbonyl (C=O) groups excluding carboxylic acids is 1. The second kappa shape index (κ2) is 8.50. The molecular formula is C18H18ClF3N2O4S. The highest BCUT2D eigenvalue weighted by Crippen LogP contribution is 2.34. The predicted molar refractivity (Wildman–Crippen MR) is 105 cm³/mol. The zero-order valence-electron chi connectivity index (χ0n) is 15.6. The van der Waals surface area contributed by atoms with Crippen molar-refractivity contribution in [3.63, 3.8) is 0 Å². The molecule has 6 nitrogen and oxygen atoms in total. The molecule has 0 radical (unpaired) electrons. The normalized spacial score (nSPS) is 12.9. The first kappa shape index (κ1) is 22.8. The van der Waals surface area contributed by atoms with E-state index < -0.39 is 33.8 Å². The number of rotatable bonds is 6. The summed E-state index contributed by atoms with van der Waals surface area (Å²) in [6.07, 6.45) is -4.57. The third-order valence-electron chi connectivity index (χ3n) is 3.93. The molecule has 0 aromatic heterocycles. The lowest BCUT2D eigenvalue weighted by molar-refractivity contribution is -0.137. The smallest absolute Gasteiger partial charge is 0.416 e. The Morgan fingerprint density at radius 1 is 1.17 bits per heavy atom. The maximum absolute atomic E-state index is 12.8. The topological polar surface area (TPSA) is 75.7 Å². The lowest BCUT2D eigenvalue weighted by atomic mass is 10.2. The van der Waals surface area contributed by atoms with Crippen molar-refractivity contribution in [2.45, 2.75) is 19.2 Å². The Hall–Kier alpha value is -2.46. The van der Waals surface area contributed by atoms with Gasteiger partial charge in [0.1, 0.15) is 5.75 Å². The number of nitrogens with zero attached hydrogens (tertiary/aromatic N) is 1. The van der Waals surface area contributed by atoms with E-state index in [1.54, 1.807) is 0 Å². The number of nitrogens with one attached hydrogen (secondary N) is 1. The average Bonchev–Trinajstić information content (AvgIpc) is 2.61. The van der Waals surface area contributed by atoms with Gasteiger partial charge in [0.05, 0.1) is 28.2 Å². The summed E-state index contributed by atoms with van der Waals surface area (Å²) >= 11 is 5.86. The third kappa shape index (κ3) is 6.01. The molecule has 158 valence electrons. The van der Waals surface area contributed by atoms with Gasteiger partial charge in [-0.05, 0) is 49.4 Å². The standard InChI is InChI=1S/C18H18ClF3N2O4S/c1-11(28-14-7-5-13(6-8-14)24(2)29(3,26)27)17(25)23-16-10-12(18(20,21)22)4-9-15(16)19/h4-11H,1-3H3,(H,23,25)/t11-/m0/s1. The average molecular weight is 451 g/mol. The Morgan fingerprint density at radius 2 is 1.76 bits per heavy atom. The fraction of sp³-hybridized carbons (Fsp3) is 0.278. The van der Waals surface area contributed by atoms with E-state index in [0.717, 1.165) is 28.8 Å². The maximum Gasteiger partial charge on any atom is 0.416 e. The molecule has 0 bridgehead atoms. The summed E-state index contributed by atoms with van der Waals surface area (Å²) in [6, 6.07) is 8.52. The molecule has 0 aliphatic carbocycles. The number of hydrogen-bond acceptors (Lipinski definition) is 4. The maximum atomic E-state index is 12.8. The van der Waals surface area contributed by atoms with Crippen LogP contribution in [-0.2, 0) is 21.0 Å².